The zero-order valence-corrected chi connectivity index (χ0v) is 12.4. The van der Waals surface area contributed by atoms with Crippen LogP contribution in [0.15, 0.2) is 60.7 Å². The highest BCUT2D eigenvalue weighted by Crippen LogP contribution is 2.36. The van der Waals surface area contributed by atoms with Gasteiger partial charge in [0.15, 0.2) is 0 Å². The molecule has 1 aliphatic rings. The van der Waals surface area contributed by atoms with Crippen LogP contribution < -0.4 is 0 Å². The van der Waals surface area contributed by atoms with Crippen LogP contribution in [0.5, 0.6) is 0 Å². The molecule has 2 heteroatoms. The van der Waals surface area contributed by atoms with Gasteiger partial charge < -0.3 is 4.90 Å². The summed E-state index contributed by atoms with van der Waals surface area (Å²) in [5, 5.41) is 0. The normalized spacial score (nSPS) is 14.2. The summed E-state index contributed by atoms with van der Waals surface area (Å²) in [5.74, 6) is 0.551. The van der Waals surface area contributed by atoms with Gasteiger partial charge in [0.1, 0.15) is 0 Å². The Labute approximate surface area is 126 Å². The van der Waals surface area contributed by atoms with E-state index in [0.29, 0.717) is 5.91 Å². The molecule has 2 aromatic rings. The Kier molecular flexibility index (Phi) is 4.05. The number of amides is 1. The molecule has 0 N–H and O–H groups in total. The van der Waals surface area contributed by atoms with Gasteiger partial charge in [-0.1, -0.05) is 60.7 Å². The van der Waals surface area contributed by atoms with Gasteiger partial charge in [0.2, 0.25) is 5.91 Å². The van der Waals surface area contributed by atoms with E-state index in [0.717, 1.165) is 19.4 Å². The maximum Gasteiger partial charge on any atom is 0.226 e. The van der Waals surface area contributed by atoms with Crippen LogP contribution in [0.4, 0.5) is 0 Å². The van der Waals surface area contributed by atoms with Gasteiger partial charge in [0, 0.05) is 12.5 Å². The van der Waals surface area contributed by atoms with Crippen molar-refractivity contribution in [2.24, 2.45) is 5.92 Å². The van der Waals surface area contributed by atoms with Gasteiger partial charge in [0.25, 0.3) is 0 Å². The first kappa shape index (κ1) is 13.9. The third-order valence-electron chi connectivity index (χ3n) is 4.09. The zero-order chi connectivity index (χ0) is 14.7. The maximum atomic E-state index is 12.7. The Morgan fingerprint density at radius 2 is 1.48 bits per heavy atom. The van der Waals surface area contributed by atoms with E-state index < -0.39 is 0 Å². The predicted molar refractivity (Wildman–Crippen MR) is 84.8 cm³/mol. The lowest BCUT2D eigenvalue weighted by atomic mass is 9.96. The van der Waals surface area contributed by atoms with Crippen LogP contribution in [0, 0.1) is 5.92 Å². The van der Waals surface area contributed by atoms with Crippen LogP contribution >= 0.6 is 0 Å². The number of benzene rings is 2. The van der Waals surface area contributed by atoms with Crippen LogP contribution in [-0.2, 0) is 4.79 Å². The number of hydrogen-bond donors (Lipinski definition) is 0. The van der Waals surface area contributed by atoms with Gasteiger partial charge in [-0.05, 0) is 30.9 Å². The summed E-state index contributed by atoms with van der Waals surface area (Å²) in [6.45, 7) is 2.81. The molecular weight excluding hydrogens is 258 g/mol. The fourth-order valence-electron chi connectivity index (χ4n) is 2.85. The molecule has 0 unspecified atom stereocenters. The minimum absolute atomic E-state index is 0.0190. The fourth-order valence-corrected chi connectivity index (χ4v) is 2.85. The van der Waals surface area contributed by atoms with E-state index >= 15 is 0 Å². The molecule has 2 nitrogen and oxygen atoms in total. The molecule has 0 spiro atoms. The Morgan fingerprint density at radius 3 is 1.86 bits per heavy atom. The number of hydrogen-bond acceptors (Lipinski definition) is 1. The zero-order valence-electron chi connectivity index (χ0n) is 12.4. The summed E-state index contributed by atoms with van der Waals surface area (Å²) in [6.07, 6.45) is 2.09. The molecule has 0 atom stereocenters. The second-order valence-corrected chi connectivity index (χ2v) is 5.62. The Morgan fingerprint density at radius 1 is 1.00 bits per heavy atom. The maximum absolute atomic E-state index is 12.7. The van der Waals surface area contributed by atoms with Crippen molar-refractivity contribution in [2.45, 2.75) is 25.8 Å². The summed E-state index contributed by atoms with van der Waals surface area (Å²) in [6, 6.07) is 20.7. The molecule has 3 rings (SSSR count). The van der Waals surface area contributed by atoms with E-state index in [1.807, 2.05) is 41.3 Å². The average molecular weight is 279 g/mol. The van der Waals surface area contributed by atoms with Gasteiger partial charge in [-0.3, -0.25) is 4.79 Å². The second kappa shape index (κ2) is 6.13. The molecule has 0 bridgehead atoms. The van der Waals surface area contributed by atoms with E-state index in [1.165, 1.54) is 11.1 Å². The standard InChI is InChI=1S/C19H21NO/c1-2-20(19(21)17-13-14-17)18(15-9-5-3-6-10-15)16-11-7-4-8-12-16/h3-12,17-18H,2,13-14H2,1H3. The summed E-state index contributed by atoms with van der Waals surface area (Å²) < 4.78 is 0. The molecule has 0 heterocycles. The molecule has 1 saturated carbocycles. The average Bonchev–Trinajstić information content (AvgIpc) is 3.38. The second-order valence-electron chi connectivity index (χ2n) is 5.62. The molecule has 0 aromatic heterocycles. The first-order valence-electron chi connectivity index (χ1n) is 7.71. The SMILES string of the molecule is CCN(C(=O)C1CC1)C(c1ccccc1)c1ccccc1. The van der Waals surface area contributed by atoms with Crippen LogP contribution in [0.3, 0.4) is 0 Å². The first-order chi connectivity index (χ1) is 10.3. The first-order valence-corrected chi connectivity index (χ1v) is 7.71. The van der Waals surface area contributed by atoms with Crippen molar-refractivity contribution in [3.05, 3.63) is 71.8 Å². The lowest BCUT2D eigenvalue weighted by molar-refractivity contribution is -0.134. The number of carbonyl (C=O) groups is 1. The predicted octanol–water partition coefficient (Wildman–Crippen LogP) is 4.03. The molecule has 1 fully saturated rings. The van der Waals surface area contributed by atoms with E-state index in [1.54, 1.807) is 0 Å². The Bertz CT molecular complexity index is 550. The van der Waals surface area contributed by atoms with E-state index in [2.05, 4.69) is 31.2 Å². The molecule has 2 aromatic carbocycles. The molecular formula is C19H21NO. The lowest BCUT2D eigenvalue weighted by Crippen LogP contribution is -2.36. The summed E-state index contributed by atoms with van der Waals surface area (Å²) in [5.41, 5.74) is 2.36. The van der Waals surface area contributed by atoms with Crippen LogP contribution in [0.25, 0.3) is 0 Å². The van der Waals surface area contributed by atoms with E-state index in [9.17, 15) is 4.79 Å². The topological polar surface area (TPSA) is 20.3 Å². The molecule has 1 aliphatic carbocycles. The van der Waals surface area contributed by atoms with E-state index in [4.69, 9.17) is 0 Å². The minimum atomic E-state index is 0.0190. The number of nitrogens with zero attached hydrogens (tertiary/aromatic N) is 1. The van der Waals surface area contributed by atoms with Gasteiger partial charge in [-0.2, -0.15) is 0 Å². The van der Waals surface area contributed by atoms with Gasteiger partial charge >= 0.3 is 0 Å². The van der Waals surface area contributed by atoms with E-state index in [-0.39, 0.29) is 12.0 Å². The molecule has 0 saturated heterocycles. The third-order valence-corrected chi connectivity index (χ3v) is 4.09. The quantitative estimate of drug-likeness (QED) is 0.809. The van der Waals surface area contributed by atoms with Crippen molar-refractivity contribution >= 4 is 5.91 Å². The third kappa shape index (κ3) is 2.99. The highest BCUT2D eigenvalue weighted by molar-refractivity contribution is 5.82. The lowest BCUT2D eigenvalue weighted by Gasteiger charge is -2.32. The van der Waals surface area contributed by atoms with Crippen LogP contribution in [-0.4, -0.2) is 17.4 Å². The molecule has 108 valence electrons. The van der Waals surface area contributed by atoms with Gasteiger partial charge in [0.05, 0.1) is 6.04 Å². The summed E-state index contributed by atoms with van der Waals surface area (Å²) in [4.78, 5) is 14.7. The Balaban J connectivity index is 2.00. The molecule has 1 amide bonds. The van der Waals surface area contributed by atoms with Crippen molar-refractivity contribution < 1.29 is 4.79 Å². The summed E-state index contributed by atoms with van der Waals surface area (Å²) in [7, 11) is 0. The van der Waals surface area contributed by atoms with Crippen LogP contribution in [0.2, 0.25) is 0 Å². The number of rotatable bonds is 5. The molecule has 0 radical (unpaired) electrons. The van der Waals surface area contributed by atoms with Crippen molar-refractivity contribution in [1.29, 1.82) is 0 Å². The minimum Gasteiger partial charge on any atom is -0.332 e. The van der Waals surface area contributed by atoms with Gasteiger partial charge in [-0.25, -0.2) is 0 Å². The van der Waals surface area contributed by atoms with Crippen molar-refractivity contribution in [3.63, 3.8) is 0 Å². The highest BCUT2D eigenvalue weighted by atomic mass is 16.2. The summed E-state index contributed by atoms with van der Waals surface area (Å²) >= 11 is 0. The van der Waals surface area contributed by atoms with Crippen molar-refractivity contribution in [1.82, 2.24) is 4.90 Å². The fraction of sp³-hybridized carbons (Fsp3) is 0.316. The monoisotopic (exact) mass is 279 g/mol. The van der Waals surface area contributed by atoms with Gasteiger partial charge in [-0.15, -0.1) is 0 Å². The van der Waals surface area contributed by atoms with Crippen molar-refractivity contribution in [3.8, 4) is 0 Å². The Hall–Kier alpha value is -2.09. The largest absolute Gasteiger partial charge is 0.332 e. The van der Waals surface area contributed by atoms with Crippen LogP contribution in [0.1, 0.15) is 36.9 Å². The van der Waals surface area contributed by atoms with Crippen molar-refractivity contribution in [2.75, 3.05) is 6.54 Å². The smallest absolute Gasteiger partial charge is 0.226 e. The number of carbonyl (C=O) groups excluding carboxylic acids is 1. The highest BCUT2D eigenvalue weighted by Gasteiger charge is 2.36. The molecule has 0 aliphatic heterocycles. The molecule has 21 heavy (non-hydrogen) atoms.